The Kier molecular flexibility index (Phi) is 5.70. The molecule has 142 valence electrons. The Morgan fingerprint density at radius 3 is 2.30 bits per heavy atom. The lowest BCUT2D eigenvalue weighted by Gasteiger charge is -2.40. The molecule has 2 heterocycles. The summed E-state index contributed by atoms with van der Waals surface area (Å²) in [6.07, 6.45) is 2.07. The fourth-order valence-corrected chi connectivity index (χ4v) is 4.03. The monoisotopic (exact) mass is 365 g/mol. The topological polar surface area (TPSA) is 44.8 Å². The molecular formula is C22H27N3O2. The van der Waals surface area contributed by atoms with Crippen LogP contribution in [0.15, 0.2) is 54.6 Å². The summed E-state index contributed by atoms with van der Waals surface area (Å²) in [6, 6.07) is 18.7. The van der Waals surface area contributed by atoms with Gasteiger partial charge in [-0.15, -0.1) is 0 Å². The molecule has 0 bridgehead atoms. The number of rotatable bonds is 3. The van der Waals surface area contributed by atoms with Crippen molar-refractivity contribution in [1.82, 2.24) is 9.80 Å². The zero-order valence-corrected chi connectivity index (χ0v) is 15.6. The molecule has 0 saturated carbocycles. The van der Waals surface area contributed by atoms with E-state index in [9.17, 15) is 4.79 Å². The standard InChI is InChI=1S/C22H27N3O2/c26-22(25-12-10-19(11-13-25)24-14-16-27-17-15-24)23-21-9-5-4-8-20(21)18-6-2-1-3-7-18/h1-9,19H,10-17H2,(H,23,26). The third kappa shape index (κ3) is 4.31. The van der Waals surface area contributed by atoms with E-state index in [1.165, 1.54) is 0 Å². The maximum absolute atomic E-state index is 12.8. The number of para-hydroxylation sites is 1. The van der Waals surface area contributed by atoms with Crippen molar-refractivity contribution in [2.24, 2.45) is 0 Å². The fraction of sp³-hybridized carbons (Fsp3) is 0.409. The molecule has 0 aromatic heterocycles. The maximum atomic E-state index is 12.8. The summed E-state index contributed by atoms with van der Waals surface area (Å²) in [6.45, 7) is 5.30. The molecule has 2 amide bonds. The van der Waals surface area contributed by atoms with Crippen molar-refractivity contribution in [3.8, 4) is 11.1 Å². The van der Waals surface area contributed by atoms with E-state index in [4.69, 9.17) is 4.74 Å². The summed E-state index contributed by atoms with van der Waals surface area (Å²) in [5, 5.41) is 3.13. The second kappa shape index (κ2) is 8.55. The molecule has 0 atom stereocenters. The molecule has 2 aliphatic rings. The number of amides is 2. The molecule has 2 aromatic rings. The first kappa shape index (κ1) is 18.0. The highest BCUT2D eigenvalue weighted by molar-refractivity contribution is 5.94. The lowest BCUT2D eigenvalue weighted by atomic mass is 10.0. The summed E-state index contributed by atoms with van der Waals surface area (Å²) in [5.41, 5.74) is 3.03. The summed E-state index contributed by atoms with van der Waals surface area (Å²) < 4.78 is 5.45. The molecule has 4 rings (SSSR count). The Morgan fingerprint density at radius 1 is 0.889 bits per heavy atom. The average Bonchev–Trinajstić information content (AvgIpc) is 2.75. The van der Waals surface area contributed by atoms with Crippen LogP contribution in [0, 0.1) is 0 Å². The number of ether oxygens (including phenoxy) is 1. The second-order valence-corrected chi connectivity index (χ2v) is 7.21. The predicted octanol–water partition coefficient (Wildman–Crippen LogP) is 3.68. The maximum Gasteiger partial charge on any atom is 0.321 e. The van der Waals surface area contributed by atoms with Crippen LogP contribution in [0.25, 0.3) is 11.1 Å². The van der Waals surface area contributed by atoms with E-state index in [-0.39, 0.29) is 6.03 Å². The Balaban J connectivity index is 1.38. The van der Waals surface area contributed by atoms with Crippen LogP contribution in [-0.4, -0.2) is 61.3 Å². The van der Waals surface area contributed by atoms with Crippen LogP contribution >= 0.6 is 0 Å². The van der Waals surface area contributed by atoms with E-state index in [0.717, 1.165) is 69.0 Å². The Hall–Kier alpha value is -2.37. The molecule has 0 unspecified atom stereocenters. The molecule has 2 saturated heterocycles. The molecule has 0 spiro atoms. The van der Waals surface area contributed by atoms with Gasteiger partial charge in [0.1, 0.15) is 0 Å². The number of carbonyl (C=O) groups excluding carboxylic acids is 1. The number of piperidine rings is 1. The van der Waals surface area contributed by atoms with Gasteiger partial charge in [-0.25, -0.2) is 4.79 Å². The lowest BCUT2D eigenvalue weighted by Crippen LogP contribution is -2.50. The van der Waals surface area contributed by atoms with Crippen molar-refractivity contribution >= 4 is 11.7 Å². The minimum atomic E-state index is -0.00110. The Labute approximate surface area is 160 Å². The molecule has 1 N–H and O–H groups in total. The molecule has 2 fully saturated rings. The van der Waals surface area contributed by atoms with Gasteiger partial charge < -0.3 is 15.0 Å². The van der Waals surface area contributed by atoms with Gasteiger partial charge >= 0.3 is 6.03 Å². The van der Waals surface area contributed by atoms with Crippen LogP contribution in [0.4, 0.5) is 10.5 Å². The van der Waals surface area contributed by atoms with Gasteiger partial charge in [-0.05, 0) is 24.5 Å². The van der Waals surface area contributed by atoms with Gasteiger partial charge in [0.2, 0.25) is 0 Å². The van der Waals surface area contributed by atoms with Gasteiger partial charge in [0.25, 0.3) is 0 Å². The largest absolute Gasteiger partial charge is 0.379 e. The van der Waals surface area contributed by atoms with E-state index in [2.05, 4.69) is 28.4 Å². The molecule has 5 heteroatoms. The molecule has 2 aromatic carbocycles. The summed E-state index contributed by atoms with van der Waals surface area (Å²) in [5.74, 6) is 0. The third-order valence-corrected chi connectivity index (χ3v) is 5.57. The number of carbonyl (C=O) groups is 1. The highest BCUT2D eigenvalue weighted by atomic mass is 16.5. The predicted molar refractivity (Wildman–Crippen MR) is 108 cm³/mol. The van der Waals surface area contributed by atoms with E-state index in [1.54, 1.807) is 0 Å². The number of anilines is 1. The second-order valence-electron chi connectivity index (χ2n) is 7.21. The number of hydrogen-bond acceptors (Lipinski definition) is 3. The van der Waals surface area contributed by atoms with Crippen LogP contribution in [0.1, 0.15) is 12.8 Å². The molecule has 0 radical (unpaired) electrons. The minimum Gasteiger partial charge on any atom is -0.379 e. The zero-order valence-electron chi connectivity index (χ0n) is 15.6. The van der Waals surface area contributed by atoms with Crippen molar-refractivity contribution in [1.29, 1.82) is 0 Å². The number of benzene rings is 2. The SMILES string of the molecule is O=C(Nc1ccccc1-c1ccccc1)N1CCC(N2CCOCC2)CC1. The van der Waals surface area contributed by atoms with Crippen LogP contribution < -0.4 is 5.32 Å². The van der Waals surface area contributed by atoms with Crippen molar-refractivity contribution < 1.29 is 9.53 Å². The number of likely N-dealkylation sites (tertiary alicyclic amines) is 1. The van der Waals surface area contributed by atoms with Crippen molar-refractivity contribution in [3.63, 3.8) is 0 Å². The number of hydrogen-bond donors (Lipinski definition) is 1. The quantitative estimate of drug-likeness (QED) is 0.902. The Morgan fingerprint density at radius 2 is 1.56 bits per heavy atom. The fourth-order valence-electron chi connectivity index (χ4n) is 4.03. The number of urea groups is 1. The van der Waals surface area contributed by atoms with Crippen molar-refractivity contribution in [2.75, 3.05) is 44.7 Å². The van der Waals surface area contributed by atoms with E-state index < -0.39 is 0 Å². The highest BCUT2D eigenvalue weighted by Gasteiger charge is 2.28. The Bertz CT molecular complexity index is 751. The molecular weight excluding hydrogens is 338 g/mol. The number of nitrogens with zero attached hydrogens (tertiary/aromatic N) is 2. The van der Waals surface area contributed by atoms with Gasteiger partial charge in [0, 0.05) is 37.8 Å². The minimum absolute atomic E-state index is 0.00110. The van der Waals surface area contributed by atoms with E-state index in [1.807, 2.05) is 41.3 Å². The van der Waals surface area contributed by atoms with Crippen LogP contribution in [0.5, 0.6) is 0 Å². The first-order valence-corrected chi connectivity index (χ1v) is 9.83. The summed E-state index contributed by atoms with van der Waals surface area (Å²) in [7, 11) is 0. The smallest absolute Gasteiger partial charge is 0.321 e. The lowest BCUT2D eigenvalue weighted by molar-refractivity contribution is 0.00420. The van der Waals surface area contributed by atoms with Gasteiger partial charge in [0.05, 0.1) is 18.9 Å². The molecule has 2 aliphatic heterocycles. The van der Waals surface area contributed by atoms with Crippen LogP contribution in [0.3, 0.4) is 0 Å². The van der Waals surface area contributed by atoms with Crippen molar-refractivity contribution in [2.45, 2.75) is 18.9 Å². The summed E-state index contributed by atoms with van der Waals surface area (Å²) in [4.78, 5) is 17.3. The third-order valence-electron chi connectivity index (χ3n) is 5.57. The molecule has 5 nitrogen and oxygen atoms in total. The average molecular weight is 365 g/mol. The first-order chi connectivity index (χ1) is 13.3. The van der Waals surface area contributed by atoms with Gasteiger partial charge in [-0.2, -0.15) is 0 Å². The van der Waals surface area contributed by atoms with Crippen LogP contribution in [0.2, 0.25) is 0 Å². The zero-order chi connectivity index (χ0) is 18.5. The van der Waals surface area contributed by atoms with E-state index >= 15 is 0 Å². The van der Waals surface area contributed by atoms with E-state index in [0.29, 0.717) is 6.04 Å². The van der Waals surface area contributed by atoms with Gasteiger partial charge in [-0.3, -0.25) is 4.90 Å². The van der Waals surface area contributed by atoms with Gasteiger partial charge in [-0.1, -0.05) is 48.5 Å². The highest BCUT2D eigenvalue weighted by Crippen LogP contribution is 2.28. The number of morpholine rings is 1. The van der Waals surface area contributed by atoms with Gasteiger partial charge in [0.15, 0.2) is 0 Å². The first-order valence-electron chi connectivity index (χ1n) is 9.83. The number of nitrogens with one attached hydrogen (secondary N) is 1. The normalized spacial score (nSPS) is 19.0. The molecule has 27 heavy (non-hydrogen) atoms. The van der Waals surface area contributed by atoms with Crippen molar-refractivity contribution in [3.05, 3.63) is 54.6 Å². The summed E-state index contributed by atoms with van der Waals surface area (Å²) >= 11 is 0. The molecule has 0 aliphatic carbocycles. The van der Waals surface area contributed by atoms with Crippen LogP contribution in [-0.2, 0) is 4.74 Å².